The predicted molar refractivity (Wildman–Crippen MR) is 136 cm³/mol. The number of carbonyl (C=O) groups is 2. The molecule has 2 aliphatic heterocycles. The van der Waals surface area contributed by atoms with Crippen molar-refractivity contribution in [2.75, 3.05) is 53.1 Å². The van der Waals surface area contributed by atoms with Crippen LogP contribution in [-0.4, -0.2) is 79.7 Å². The number of methoxy groups -OCH3 is 1. The third-order valence-corrected chi connectivity index (χ3v) is 6.44. The first kappa shape index (κ1) is 25.5. The fourth-order valence-electron chi connectivity index (χ4n) is 4.55. The third-order valence-electron chi connectivity index (χ3n) is 6.44. The number of ether oxygens (including phenoxy) is 3. The summed E-state index contributed by atoms with van der Waals surface area (Å²) < 4.78 is 16.2. The molecule has 0 aromatic heterocycles. The van der Waals surface area contributed by atoms with Gasteiger partial charge in [-0.15, -0.1) is 0 Å². The molecule has 1 N–H and O–H groups in total. The van der Waals surface area contributed by atoms with Crippen LogP contribution in [0, 0.1) is 0 Å². The molecule has 2 saturated heterocycles. The van der Waals surface area contributed by atoms with Gasteiger partial charge in [0.15, 0.2) is 0 Å². The highest BCUT2D eigenvalue weighted by atomic mass is 16.5. The van der Waals surface area contributed by atoms with E-state index in [0.29, 0.717) is 49.8 Å². The van der Waals surface area contributed by atoms with Crippen molar-refractivity contribution in [3.8, 4) is 11.5 Å². The number of amides is 1. The highest BCUT2D eigenvalue weighted by Gasteiger charge is 2.45. The summed E-state index contributed by atoms with van der Waals surface area (Å²) in [7, 11) is 1.56. The first-order valence-electron chi connectivity index (χ1n) is 12.1. The smallest absolute Gasteiger partial charge is 0.295 e. The fraction of sp³-hybridized carbons (Fsp3) is 0.357. The van der Waals surface area contributed by atoms with Crippen LogP contribution in [0.5, 0.6) is 11.5 Å². The minimum Gasteiger partial charge on any atom is -0.507 e. The van der Waals surface area contributed by atoms with Gasteiger partial charge in [0.2, 0.25) is 0 Å². The lowest BCUT2D eigenvalue weighted by Crippen LogP contribution is -2.38. The topological polar surface area (TPSA) is 88.5 Å². The molecule has 0 unspecified atom stereocenters. The summed E-state index contributed by atoms with van der Waals surface area (Å²) in [5, 5.41) is 11.2. The SMILES string of the molecule is C=CCOc1ccc([C@@H]2C(=C(O)c3ccc(OC)cc3)C(=O)C(=O)N2CCCN2CCOCC2)cc1. The number of benzene rings is 2. The zero-order chi connectivity index (χ0) is 25.5. The Labute approximate surface area is 211 Å². The number of hydrogen-bond donors (Lipinski definition) is 1. The Morgan fingerprint density at radius 1 is 1.06 bits per heavy atom. The van der Waals surface area contributed by atoms with Crippen LogP contribution in [0.4, 0.5) is 0 Å². The lowest BCUT2D eigenvalue weighted by Gasteiger charge is -2.29. The normalized spacial score (nSPS) is 19.9. The molecular formula is C28H32N2O6. The van der Waals surface area contributed by atoms with E-state index in [1.807, 2.05) is 12.1 Å². The van der Waals surface area contributed by atoms with E-state index in [1.54, 1.807) is 54.5 Å². The molecule has 1 atom stereocenters. The Morgan fingerprint density at radius 3 is 2.36 bits per heavy atom. The molecule has 4 rings (SSSR count). The van der Waals surface area contributed by atoms with Crippen molar-refractivity contribution >= 4 is 17.4 Å². The summed E-state index contributed by atoms with van der Waals surface area (Å²) in [5.41, 5.74) is 1.25. The van der Waals surface area contributed by atoms with E-state index in [4.69, 9.17) is 14.2 Å². The van der Waals surface area contributed by atoms with E-state index in [9.17, 15) is 14.7 Å². The number of morpholine rings is 1. The predicted octanol–water partition coefficient (Wildman–Crippen LogP) is 3.40. The Morgan fingerprint density at radius 2 is 1.72 bits per heavy atom. The minimum absolute atomic E-state index is 0.0799. The monoisotopic (exact) mass is 492 g/mol. The molecule has 190 valence electrons. The van der Waals surface area contributed by atoms with Gasteiger partial charge in [-0.3, -0.25) is 14.5 Å². The Bertz CT molecular complexity index is 1100. The zero-order valence-corrected chi connectivity index (χ0v) is 20.5. The van der Waals surface area contributed by atoms with Gasteiger partial charge in [0.25, 0.3) is 11.7 Å². The van der Waals surface area contributed by atoms with E-state index < -0.39 is 17.7 Å². The maximum absolute atomic E-state index is 13.2. The number of rotatable bonds is 10. The van der Waals surface area contributed by atoms with Gasteiger partial charge >= 0.3 is 0 Å². The van der Waals surface area contributed by atoms with Gasteiger partial charge in [-0.1, -0.05) is 24.8 Å². The molecule has 2 fully saturated rings. The van der Waals surface area contributed by atoms with Gasteiger partial charge < -0.3 is 24.2 Å². The fourth-order valence-corrected chi connectivity index (χ4v) is 4.55. The lowest BCUT2D eigenvalue weighted by molar-refractivity contribution is -0.140. The van der Waals surface area contributed by atoms with Crippen LogP contribution in [0.2, 0.25) is 0 Å². The number of hydrogen-bond acceptors (Lipinski definition) is 7. The summed E-state index contributed by atoms with van der Waals surface area (Å²) in [6.07, 6.45) is 2.36. The molecular weight excluding hydrogens is 460 g/mol. The molecule has 0 bridgehead atoms. The van der Waals surface area contributed by atoms with Crippen LogP contribution in [0.15, 0.2) is 66.8 Å². The van der Waals surface area contributed by atoms with Gasteiger partial charge in [-0.25, -0.2) is 0 Å². The van der Waals surface area contributed by atoms with Gasteiger partial charge in [-0.2, -0.15) is 0 Å². The Balaban J connectivity index is 1.65. The summed E-state index contributed by atoms with van der Waals surface area (Å²) in [6.45, 7) is 8.32. The van der Waals surface area contributed by atoms with E-state index in [2.05, 4.69) is 11.5 Å². The van der Waals surface area contributed by atoms with Crippen LogP contribution in [0.3, 0.4) is 0 Å². The van der Waals surface area contributed by atoms with Crippen molar-refractivity contribution in [3.63, 3.8) is 0 Å². The number of Topliss-reactive ketones (excluding diaryl/α,β-unsaturated/α-hetero) is 1. The van der Waals surface area contributed by atoms with Crippen molar-refractivity contribution in [2.24, 2.45) is 0 Å². The van der Waals surface area contributed by atoms with Gasteiger partial charge in [0.05, 0.1) is 31.9 Å². The van der Waals surface area contributed by atoms with Crippen molar-refractivity contribution in [1.82, 2.24) is 9.80 Å². The summed E-state index contributed by atoms with van der Waals surface area (Å²) in [6, 6.07) is 13.3. The van der Waals surface area contributed by atoms with Gasteiger partial charge in [0, 0.05) is 31.7 Å². The second-order valence-corrected chi connectivity index (χ2v) is 8.70. The molecule has 0 aliphatic carbocycles. The quantitative estimate of drug-likeness (QED) is 0.235. The summed E-state index contributed by atoms with van der Waals surface area (Å²) in [4.78, 5) is 30.2. The number of aliphatic hydroxyl groups is 1. The van der Waals surface area contributed by atoms with E-state index in [1.165, 1.54) is 0 Å². The average molecular weight is 493 g/mol. The Kier molecular flexibility index (Phi) is 8.40. The van der Waals surface area contributed by atoms with Crippen molar-refractivity contribution < 1.29 is 28.9 Å². The van der Waals surface area contributed by atoms with Crippen LogP contribution < -0.4 is 9.47 Å². The van der Waals surface area contributed by atoms with Crippen molar-refractivity contribution in [3.05, 3.63) is 77.9 Å². The molecule has 2 aromatic rings. The van der Waals surface area contributed by atoms with Crippen LogP contribution >= 0.6 is 0 Å². The summed E-state index contributed by atoms with van der Waals surface area (Å²) in [5.74, 6) is -0.223. The average Bonchev–Trinajstić information content (AvgIpc) is 3.17. The van der Waals surface area contributed by atoms with E-state index in [0.717, 1.165) is 25.2 Å². The lowest BCUT2D eigenvalue weighted by atomic mass is 9.95. The second-order valence-electron chi connectivity index (χ2n) is 8.70. The highest BCUT2D eigenvalue weighted by Crippen LogP contribution is 2.40. The highest BCUT2D eigenvalue weighted by molar-refractivity contribution is 6.46. The molecule has 36 heavy (non-hydrogen) atoms. The first-order chi connectivity index (χ1) is 17.5. The number of likely N-dealkylation sites (tertiary alicyclic amines) is 1. The van der Waals surface area contributed by atoms with Gasteiger partial charge in [0.1, 0.15) is 23.9 Å². The Hall–Kier alpha value is -3.62. The maximum atomic E-state index is 13.2. The number of nitrogens with zero attached hydrogens (tertiary/aromatic N) is 2. The number of ketones is 1. The third kappa shape index (κ3) is 5.61. The molecule has 0 saturated carbocycles. The van der Waals surface area contributed by atoms with Crippen LogP contribution in [0.1, 0.15) is 23.6 Å². The number of carbonyl (C=O) groups excluding carboxylic acids is 2. The molecule has 1 amide bonds. The zero-order valence-electron chi connectivity index (χ0n) is 20.5. The molecule has 0 radical (unpaired) electrons. The van der Waals surface area contributed by atoms with Gasteiger partial charge in [-0.05, 0) is 48.4 Å². The molecule has 0 spiro atoms. The van der Waals surface area contributed by atoms with Crippen molar-refractivity contribution in [1.29, 1.82) is 0 Å². The molecule has 2 aliphatic rings. The molecule has 2 aromatic carbocycles. The standard InChI is InChI=1S/C28H32N2O6/c1-3-17-36-23-11-5-20(6-12-23)25-24(26(31)21-7-9-22(34-2)10-8-21)27(32)28(33)30(25)14-4-13-29-15-18-35-19-16-29/h3,5-12,25,31H,1,4,13-19H2,2H3/t25-/m1/s1. The second kappa shape index (κ2) is 11.9. The molecule has 8 nitrogen and oxygen atoms in total. The first-order valence-corrected chi connectivity index (χ1v) is 12.1. The van der Waals surface area contributed by atoms with Crippen LogP contribution in [0.25, 0.3) is 5.76 Å². The van der Waals surface area contributed by atoms with Crippen LogP contribution in [-0.2, 0) is 14.3 Å². The number of aliphatic hydroxyl groups excluding tert-OH is 1. The maximum Gasteiger partial charge on any atom is 0.295 e. The minimum atomic E-state index is -0.703. The summed E-state index contributed by atoms with van der Waals surface area (Å²) >= 11 is 0. The van der Waals surface area contributed by atoms with Crippen molar-refractivity contribution in [2.45, 2.75) is 12.5 Å². The molecule has 2 heterocycles. The molecule has 8 heteroatoms. The van der Waals surface area contributed by atoms with E-state index >= 15 is 0 Å². The largest absolute Gasteiger partial charge is 0.507 e. The van der Waals surface area contributed by atoms with E-state index in [-0.39, 0.29) is 11.3 Å².